The topological polar surface area (TPSA) is 58.6 Å². The third-order valence-electron chi connectivity index (χ3n) is 5.40. The number of benzene rings is 3. The smallest absolute Gasteiger partial charge is 0.282 e. The molecule has 3 aromatic rings. The highest BCUT2D eigenvalue weighted by atomic mass is 16.5. The molecule has 0 bridgehead atoms. The lowest BCUT2D eigenvalue weighted by Gasteiger charge is -2.18. The molecule has 0 spiro atoms. The average molecular weight is 412 g/mol. The van der Waals surface area contributed by atoms with Crippen LogP contribution in [0.15, 0.2) is 72.4 Å². The maximum atomic E-state index is 13.6. The van der Waals surface area contributed by atoms with Gasteiger partial charge in [-0.25, -0.2) is 4.90 Å². The van der Waals surface area contributed by atoms with Crippen LogP contribution in [0, 0.1) is 20.8 Å². The molecule has 0 aliphatic carbocycles. The number of amides is 2. The van der Waals surface area contributed by atoms with E-state index in [1.807, 2.05) is 81.4 Å². The summed E-state index contributed by atoms with van der Waals surface area (Å²) in [6.45, 7) is 5.83. The van der Waals surface area contributed by atoms with E-state index >= 15 is 0 Å². The summed E-state index contributed by atoms with van der Waals surface area (Å²) in [6.07, 6.45) is 0. The maximum Gasteiger partial charge on any atom is 0.282 e. The lowest BCUT2D eigenvalue weighted by Crippen LogP contribution is -2.33. The highest BCUT2D eigenvalue weighted by Crippen LogP contribution is 2.36. The fraction of sp³-hybridized carbons (Fsp3) is 0.154. The van der Waals surface area contributed by atoms with Crippen molar-refractivity contribution < 1.29 is 14.3 Å². The molecular formula is C26H24N2O3. The molecule has 0 saturated heterocycles. The third-order valence-corrected chi connectivity index (χ3v) is 5.40. The Morgan fingerprint density at radius 3 is 2.16 bits per heavy atom. The zero-order valence-electron chi connectivity index (χ0n) is 18.0. The van der Waals surface area contributed by atoms with Crippen molar-refractivity contribution in [2.45, 2.75) is 20.8 Å². The van der Waals surface area contributed by atoms with Crippen LogP contribution >= 0.6 is 0 Å². The van der Waals surface area contributed by atoms with Crippen molar-refractivity contribution in [3.05, 3.63) is 94.7 Å². The number of aryl methyl sites for hydroxylation is 3. The summed E-state index contributed by atoms with van der Waals surface area (Å²) in [6, 6.07) is 20.6. The second-order valence-electron chi connectivity index (χ2n) is 7.68. The van der Waals surface area contributed by atoms with E-state index in [9.17, 15) is 9.59 Å². The van der Waals surface area contributed by atoms with Crippen LogP contribution in [-0.2, 0) is 9.59 Å². The summed E-state index contributed by atoms with van der Waals surface area (Å²) in [4.78, 5) is 28.3. The Labute approximate surface area is 182 Å². The van der Waals surface area contributed by atoms with Gasteiger partial charge in [-0.2, -0.15) is 0 Å². The lowest BCUT2D eigenvalue weighted by molar-refractivity contribution is -0.120. The molecule has 0 aromatic heterocycles. The Hall–Kier alpha value is -3.86. The molecule has 0 atom stereocenters. The van der Waals surface area contributed by atoms with Crippen LogP contribution in [-0.4, -0.2) is 18.9 Å². The first-order valence-corrected chi connectivity index (χ1v) is 10.1. The minimum atomic E-state index is -0.390. The zero-order chi connectivity index (χ0) is 22.1. The molecule has 3 aromatic carbocycles. The molecule has 0 saturated carbocycles. The molecular weight excluding hydrogens is 388 g/mol. The Morgan fingerprint density at radius 1 is 0.806 bits per heavy atom. The van der Waals surface area contributed by atoms with Gasteiger partial charge in [-0.1, -0.05) is 54.1 Å². The van der Waals surface area contributed by atoms with E-state index in [-0.39, 0.29) is 11.6 Å². The Balaban J connectivity index is 1.87. The van der Waals surface area contributed by atoms with Gasteiger partial charge >= 0.3 is 0 Å². The standard InChI is InChI=1S/C26H24N2O3/c1-16-9-12-19(13-10-16)23-24(27-20-15-17(2)11-14-22(20)31-4)26(30)28(25(23)29)21-8-6-5-7-18(21)3/h5-15,27H,1-4H3. The molecule has 1 aliphatic rings. The number of nitrogens with one attached hydrogen (secondary N) is 1. The highest BCUT2D eigenvalue weighted by molar-refractivity contribution is 6.46. The monoisotopic (exact) mass is 412 g/mol. The molecule has 156 valence electrons. The highest BCUT2D eigenvalue weighted by Gasteiger charge is 2.41. The van der Waals surface area contributed by atoms with Gasteiger partial charge in [0.2, 0.25) is 0 Å². The van der Waals surface area contributed by atoms with Crippen molar-refractivity contribution in [1.29, 1.82) is 0 Å². The lowest BCUT2D eigenvalue weighted by atomic mass is 10.0. The number of ether oxygens (including phenoxy) is 1. The van der Waals surface area contributed by atoms with Crippen LogP contribution in [0.4, 0.5) is 11.4 Å². The van der Waals surface area contributed by atoms with Gasteiger partial charge in [0.15, 0.2) is 0 Å². The van der Waals surface area contributed by atoms with E-state index in [0.29, 0.717) is 28.3 Å². The summed E-state index contributed by atoms with van der Waals surface area (Å²) < 4.78 is 5.47. The van der Waals surface area contributed by atoms with Crippen LogP contribution in [0.1, 0.15) is 22.3 Å². The number of rotatable bonds is 5. The van der Waals surface area contributed by atoms with Gasteiger partial charge in [0.05, 0.1) is 24.1 Å². The molecule has 0 fully saturated rings. The summed E-state index contributed by atoms with van der Waals surface area (Å²) in [5.41, 5.74) is 5.42. The van der Waals surface area contributed by atoms with Crippen LogP contribution in [0.2, 0.25) is 0 Å². The minimum Gasteiger partial charge on any atom is -0.495 e. The number of nitrogens with zero attached hydrogens (tertiary/aromatic N) is 1. The number of hydrogen-bond donors (Lipinski definition) is 1. The number of methoxy groups -OCH3 is 1. The normalized spacial score (nSPS) is 13.7. The van der Waals surface area contributed by atoms with Crippen LogP contribution in [0.25, 0.3) is 5.57 Å². The van der Waals surface area contributed by atoms with E-state index in [0.717, 1.165) is 16.7 Å². The molecule has 4 rings (SSSR count). The summed E-state index contributed by atoms with van der Waals surface area (Å²) in [5, 5.41) is 3.21. The average Bonchev–Trinajstić information content (AvgIpc) is 2.99. The summed E-state index contributed by atoms with van der Waals surface area (Å²) in [5.74, 6) is -0.147. The maximum absolute atomic E-state index is 13.6. The molecule has 5 heteroatoms. The van der Waals surface area contributed by atoms with Crippen molar-refractivity contribution in [1.82, 2.24) is 0 Å². The van der Waals surface area contributed by atoms with E-state index in [1.165, 1.54) is 4.90 Å². The number of carbonyl (C=O) groups excluding carboxylic acids is 2. The van der Waals surface area contributed by atoms with E-state index in [1.54, 1.807) is 13.2 Å². The molecule has 1 aliphatic heterocycles. The first kappa shape index (κ1) is 20.4. The molecule has 0 radical (unpaired) electrons. The predicted molar refractivity (Wildman–Crippen MR) is 123 cm³/mol. The second kappa shape index (κ2) is 8.11. The van der Waals surface area contributed by atoms with Gasteiger partial charge in [-0.15, -0.1) is 0 Å². The summed E-state index contributed by atoms with van der Waals surface area (Å²) >= 11 is 0. The third kappa shape index (κ3) is 3.70. The van der Waals surface area contributed by atoms with Gasteiger partial charge in [0.25, 0.3) is 11.8 Å². The number of carbonyl (C=O) groups is 2. The van der Waals surface area contributed by atoms with Crippen molar-refractivity contribution in [3.8, 4) is 5.75 Å². The first-order chi connectivity index (χ1) is 14.9. The number of anilines is 2. The van der Waals surface area contributed by atoms with E-state index in [2.05, 4.69) is 5.32 Å². The molecule has 31 heavy (non-hydrogen) atoms. The van der Waals surface area contributed by atoms with Gasteiger partial charge in [-0.05, 0) is 55.7 Å². The Morgan fingerprint density at radius 2 is 1.48 bits per heavy atom. The number of hydrogen-bond acceptors (Lipinski definition) is 4. The first-order valence-electron chi connectivity index (χ1n) is 10.1. The Bertz CT molecular complexity index is 1210. The van der Waals surface area contributed by atoms with Gasteiger partial charge in [0.1, 0.15) is 11.4 Å². The van der Waals surface area contributed by atoms with Crippen molar-refractivity contribution in [3.63, 3.8) is 0 Å². The van der Waals surface area contributed by atoms with Crippen LogP contribution in [0.3, 0.4) is 0 Å². The largest absolute Gasteiger partial charge is 0.495 e. The van der Waals surface area contributed by atoms with Crippen molar-refractivity contribution in [2.75, 3.05) is 17.3 Å². The molecule has 1 N–H and O–H groups in total. The van der Waals surface area contributed by atoms with Gasteiger partial charge < -0.3 is 10.1 Å². The van der Waals surface area contributed by atoms with E-state index in [4.69, 9.17) is 4.74 Å². The number of para-hydroxylation sites is 1. The minimum absolute atomic E-state index is 0.237. The van der Waals surface area contributed by atoms with Gasteiger partial charge in [0, 0.05) is 0 Å². The van der Waals surface area contributed by atoms with E-state index < -0.39 is 5.91 Å². The SMILES string of the molecule is COc1ccc(C)cc1NC1=C(c2ccc(C)cc2)C(=O)N(c2ccccc2C)C1=O. The molecule has 0 unspecified atom stereocenters. The predicted octanol–water partition coefficient (Wildman–Crippen LogP) is 5.02. The zero-order valence-corrected chi connectivity index (χ0v) is 18.0. The van der Waals surface area contributed by atoms with Crippen LogP contribution < -0.4 is 15.0 Å². The number of imide groups is 1. The fourth-order valence-electron chi connectivity index (χ4n) is 3.72. The second-order valence-corrected chi connectivity index (χ2v) is 7.68. The van der Waals surface area contributed by atoms with Crippen molar-refractivity contribution >= 4 is 28.8 Å². The van der Waals surface area contributed by atoms with Gasteiger partial charge in [-0.3, -0.25) is 9.59 Å². The van der Waals surface area contributed by atoms with Crippen molar-refractivity contribution in [2.24, 2.45) is 0 Å². The molecule has 2 amide bonds. The fourth-order valence-corrected chi connectivity index (χ4v) is 3.72. The molecule has 1 heterocycles. The Kier molecular flexibility index (Phi) is 5.34. The quantitative estimate of drug-likeness (QED) is 0.598. The summed E-state index contributed by atoms with van der Waals surface area (Å²) in [7, 11) is 1.58. The molecule has 5 nitrogen and oxygen atoms in total. The van der Waals surface area contributed by atoms with Crippen LogP contribution in [0.5, 0.6) is 5.75 Å².